The van der Waals surface area contributed by atoms with Crippen molar-refractivity contribution in [3.63, 3.8) is 0 Å². The number of halogens is 1. The summed E-state index contributed by atoms with van der Waals surface area (Å²) in [5.41, 5.74) is 3.59. The quantitative estimate of drug-likeness (QED) is 0.812. The highest BCUT2D eigenvalue weighted by atomic mass is 79.9. The van der Waals surface area contributed by atoms with Crippen LogP contribution >= 0.6 is 15.9 Å². The lowest BCUT2D eigenvalue weighted by atomic mass is 10.1. The summed E-state index contributed by atoms with van der Waals surface area (Å²) >= 11 is 3.28. The number of hydroxylamine groups is 1. The van der Waals surface area contributed by atoms with E-state index in [0.717, 1.165) is 10.2 Å². The molecule has 2 aliphatic heterocycles. The first-order valence-corrected chi connectivity index (χ1v) is 8.77. The smallest absolute Gasteiger partial charge is 0.243 e. The number of hydrogen-bond acceptors (Lipinski definition) is 5. The van der Waals surface area contributed by atoms with Crippen molar-refractivity contribution < 1.29 is 18.0 Å². The maximum absolute atomic E-state index is 12.5. The Kier molecular flexibility index (Phi) is 4.32. The third kappa shape index (κ3) is 3.14. The minimum atomic E-state index is -3.44. The van der Waals surface area contributed by atoms with Gasteiger partial charge in [0.2, 0.25) is 10.0 Å². The summed E-state index contributed by atoms with van der Waals surface area (Å²) < 4.78 is 32.4. The molecule has 1 fully saturated rings. The average molecular weight is 375 g/mol. The van der Waals surface area contributed by atoms with Crippen LogP contribution in [-0.2, 0) is 19.6 Å². The maximum atomic E-state index is 12.5. The number of hydrogen-bond donors (Lipinski definition) is 1. The lowest BCUT2D eigenvalue weighted by Crippen LogP contribution is -2.40. The van der Waals surface area contributed by atoms with Crippen LogP contribution in [0.3, 0.4) is 0 Å². The minimum Gasteiger partial charge on any atom is -0.379 e. The largest absolute Gasteiger partial charge is 0.379 e. The van der Waals surface area contributed by atoms with Crippen LogP contribution in [0.4, 0.5) is 0 Å². The summed E-state index contributed by atoms with van der Waals surface area (Å²) in [6.45, 7) is 1.68. The van der Waals surface area contributed by atoms with Crippen molar-refractivity contribution in [1.29, 1.82) is 0 Å². The van der Waals surface area contributed by atoms with Gasteiger partial charge in [0.05, 0.1) is 18.1 Å². The highest BCUT2D eigenvalue weighted by molar-refractivity contribution is 9.11. The predicted octanol–water partition coefficient (Wildman–Crippen LogP) is 1.52. The number of nitrogens with one attached hydrogen (secondary N) is 1. The summed E-state index contributed by atoms with van der Waals surface area (Å²) in [5, 5.41) is 0. The molecule has 114 valence electrons. The fourth-order valence-electron chi connectivity index (χ4n) is 2.25. The number of ether oxygens (including phenoxy) is 1. The Labute approximate surface area is 131 Å². The van der Waals surface area contributed by atoms with E-state index in [9.17, 15) is 8.42 Å². The molecular formula is C13H15BrN2O4S. The van der Waals surface area contributed by atoms with Crippen LogP contribution < -0.4 is 5.48 Å². The fourth-order valence-corrected chi connectivity index (χ4v) is 3.99. The highest BCUT2D eigenvalue weighted by Gasteiger charge is 2.26. The van der Waals surface area contributed by atoms with Gasteiger partial charge in [0.25, 0.3) is 0 Å². The van der Waals surface area contributed by atoms with E-state index >= 15 is 0 Å². The molecule has 0 amide bonds. The standard InChI is InChI=1S/C13H15BrN2O4S/c14-13-9-12(20-15-13)10-1-3-11(4-2-10)21(17,18)16-5-7-19-8-6-16/h1-4,9,12,15H,5-8H2/t12-/m0/s1. The van der Waals surface area contributed by atoms with E-state index < -0.39 is 10.0 Å². The van der Waals surface area contributed by atoms with Gasteiger partial charge in [0.1, 0.15) is 10.7 Å². The third-order valence-corrected chi connectivity index (χ3v) is 5.74. The molecule has 1 aromatic rings. The van der Waals surface area contributed by atoms with Gasteiger partial charge in [-0.25, -0.2) is 8.42 Å². The van der Waals surface area contributed by atoms with Gasteiger partial charge < -0.3 is 4.74 Å². The van der Waals surface area contributed by atoms with Crippen LogP contribution in [0.15, 0.2) is 39.8 Å². The van der Waals surface area contributed by atoms with E-state index in [-0.39, 0.29) is 6.10 Å². The van der Waals surface area contributed by atoms with Gasteiger partial charge in [-0.05, 0) is 39.7 Å². The third-order valence-electron chi connectivity index (χ3n) is 3.40. The van der Waals surface area contributed by atoms with Crippen LogP contribution in [0.5, 0.6) is 0 Å². The molecular weight excluding hydrogens is 360 g/mol. The molecule has 1 N–H and O–H groups in total. The van der Waals surface area contributed by atoms with E-state index in [4.69, 9.17) is 9.57 Å². The average Bonchev–Trinajstić information content (AvgIpc) is 2.95. The monoisotopic (exact) mass is 374 g/mol. The first kappa shape index (κ1) is 15.0. The topological polar surface area (TPSA) is 67.9 Å². The van der Waals surface area contributed by atoms with Crippen molar-refractivity contribution in [2.24, 2.45) is 0 Å². The zero-order chi connectivity index (χ0) is 14.9. The Bertz CT molecular complexity index is 639. The van der Waals surface area contributed by atoms with Gasteiger partial charge in [0.15, 0.2) is 0 Å². The van der Waals surface area contributed by atoms with Crippen molar-refractivity contribution >= 4 is 26.0 Å². The molecule has 6 nitrogen and oxygen atoms in total. The van der Waals surface area contributed by atoms with Crippen molar-refractivity contribution in [2.75, 3.05) is 26.3 Å². The molecule has 0 radical (unpaired) electrons. The minimum absolute atomic E-state index is 0.223. The van der Waals surface area contributed by atoms with Gasteiger partial charge in [0, 0.05) is 13.1 Å². The van der Waals surface area contributed by atoms with E-state index in [1.54, 1.807) is 24.3 Å². The molecule has 3 rings (SSSR count). The predicted molar refractivity (Wildman–Crippen MR) is 80.0 cm³/mol. The maximum Gasteiger partial charge on any atom is 0.243 e. The molecule has 1 aromatic carbocycles. The first-order valence-electron chi connectivity index (χ1n) is 6.54. The van der Waals surface area contributed by atoms with Crippen LogP contribution in [0.1, 0.15) is 11.7 Å². The number of rotatable bonds is 3. The Morgan fingerprint density at radius 3 is 2.43 bits per heavy atom. The Morgan fingerprint density at radius 1 is 1.19 bits per heavy atom. The Balaban J connectivity index is 1.80. The summed E-state index contributed by atoms with van der Waals surface area (Å²) in [4.78, 5) is 5.62. The molecule has 0 aromatic heterocycles. The van der Waals surface area contributed by atoms with Gasteiger partial charge >= 0.3 is 0 Å². The van der Waals surface area contributed by atoms with E-state index in [2.05, 4.69) is 21.4 Å². The van der Waals surface area contributed by atoms with Crippen molar-refractivity contribution in [1.82, 2.24) is 9.79 Å². The molecule has 0 spiro atoms. The summed E-state index contributed by atoms with van der Waals surface area (Å²) in [6.07, 6.45) is 1.64. The van der Waals surface area contributed by atoms with E-state index in [1.165, 1.54) is 4.31 Å². The molecule has 1 saturated heterocycles. The lowest BCUT2D eigenvalue weighted by molar-refractivity contribution is 0.0457. The van der Waals surface area contributed by atoms with E-state index in [0.29, 0.717) is 31.2 Å². The molecule has 8 heteroatoms. The Morgan fingerprint density at radius 2 is 1.86 bits per heavy atom. The number of morpholine rings is 1. The normalized spacial score (nSPS) is 23.7. The van der Waals surface area contributed by atoms with Gasteiger partial charge in [-0.15, -0.1) is 0 Å². The van der Waals surface area contributed by atoms with Gasteiger partial charge in [-0.2, -0.15) is 4.31 Å². The summed E-state index contributed by atoms with van der Waals surface area (Å²) in [7, 11) is -3.44. The molecule has 0 bridgehead atoms. The lowest BCUT2D eigenvalue weighted by Gasteiger charge is -2.26. The molecule has 0 saturated carbocycles. The number of sulfonamides is 1. The van der Waals surface area contributed by atoms with Crippen LogP contribution in [0.2, 0.25) is 0 Å². The zero-order valence-corrected chi connectivity index (χ0v) is 13.6. The van der Waals surface area contributed by atoms with Gasteiger partial charge in [-0.1, -0.05) is 12.1 Å². The van der Waals surface area contributed by atoms with Crippen LogP contribution in [0, 0.1) is 0 Å². The fraction of sp³-hybridized carbons (Fsp3) is 0.385. The number of benzene rings is 1. The second-order valence-electron chi connectivity index (χ2n) is 4.74. The van der Waals surface area contributed by atoms with E-state index in [1.807, 2.05) is 6.08 Å². The summed E-state index contributed by atoms with van der Waals surface area (Å²) in [6, 6.07) is 6.76. The number of nitrogens with zero attached hydrogens (tertiary/aromatic N) is 1. The van der Waals surface area contributed by atoms with Crippen LogP contribution in [0.25, 0.3) is 0 Å². The van der Waals surface area contributed by atoms with Crippen molar-refractivity contribution in [3.8, 4) is 0 Å². The van der Waals surface area contributed by atoms with Crippen molar-refractivity contribution in [3.05, 3.63) is 40.5 Å². The molecule has 1 atom stereocenters. The van der Waals surface area contributed by atoms with Crippen molar-refractivity contribution in [2.45, 2.75) is 11.0 Å². The second kappa shape index (κ2) is 6.05. The van der Waals surface area contributed by atoms with Gasteiger partial charge in [-0.3, -0.25) is 10.3 Å². The Hall–Kier alpha value is -0.930. The molecule has 0 aliphatic carbocycles. The SMILES string of the molecule is O=S(=O)(c1ccc([C@@H]2C=C(Br)NO2)cc1)N1CCOCC1. The highest BCUT2D eigenvalue weighted by Crippen LogP contribution is 2.27. The summed E-state index contributed by atoms with van der Waals surface area (Å²) in [5.74, 6) is 0. The molecule has 21 heavy (non-hydrogen) atoms. The second-order valence-corrected chi connectivity index (χ2v) is 7.53. The molecule has 2 aliphatic rings. The first-order chi connectivity index (χ1) is 10.1. The zero-order valence-electron chi connectivity index (χ0n) is 11.2. The van der Waals surface area contributed by atoms with Crippen LogP contribution in [-0.4, -0.2) is 39.0 Å². The molecule has 2 heterocycles. The molecule has 0 unspecified atom stereocenters.